The molecule has 0 amide bonds. The van der Waals surface area contributed by atoms with Crippen LogP contribution in [0.1, 0.15) is 28.4 Å². The largest absolute Gasteiger partial charge is 0.462 e. The lowest BCUT2D eigenvalue weighted by Gasteiger charge is -2.19. The van der Waals surface area contributed by atoms with Crippen LogP contribution in [0, 0.1) is 0 Å². The average molecular weight is 534 g/mol. The molecule has 0 saturated heterocycles. The number of benzene rings is 5. The third-order valence-corrected chi connectivity index (χ3v) is 9.02. The lowest BCUT2D eigenvalue weighted by atomic mass is 9.84. The van der Waals surface area contributed by atoms with Crippen molar-refractivity contribution in [3.05, 3.63) is 126 Å². The van der Waals surface area contributed by atoms with E-state index in [1.807, 2.05) is 78.9 Å². The molecule has 0 N–H and O–H groups in total. The molecule has 0 atom stereocenters. The van der Waals surface area contributed by atoms with E-state index in [4.69, 9.17) is 4.74 Å². The maximum atomic E-state index is 13.8. The van der Waals surface area contributed by atoms with Gasteiger partial charge in [-0.15, -0.1) is 0 Å². The molecule has 0 unspecified atom stereocenters. The van der Waals surface area contributed by atoms with Gasteiger partial charge in [0.25, 0.3) is 0 Å². The van der Waals surface area contributed by atoms with Gasteiger partial charge in [0.1, 0.15) is 0 Å². The molecular weight excluding hydrogens is 506 g/mol. The summed E-state index contributed by atoms with van der Waals surface area (Å²) in [7, 11) is -3.73. The summed E-state index contributed by atoms with van der Waals surface area (Å²) in [5.74, 6) is -0.381. The monoisotopic (exact) mass is 533 g/mol. The van der Waals surface area contributed by atoms with Crippen LogP contribution < -0.4 is 0 Å². The van der Waals surface area contributed by atoms with Crippen molar-refractivity contribution >= 4 is 26.8 Å². The fourth-order valence-corrected chi connectivity index (χ4v) is 6.87. The Morgan fingerprint density at radius 1 is 0.718 bits per heavy atom. The minimum Gasteiger partial charge on any atom is -0.462 e. The molecule has 0 aromatic heterocycles. The van der Waals surface area contributed by atoms with Crippen LogP contribution in [0.3, 0.4) is 0 Å². The van der Waals surface area contributed by atoms with Crippen molar-refractivity contribution in [2.24, 2.45) is 0 Å². The van der Waals surface area contributed by atoms with E-state index in [9.17, 15) is 13.2 Å². The second kappa shape index (κ2) is 10.1. The third kappa shape index (κ3) is 4.42. The van der Waals surface area contributed by atoms with Gasteiger partial charge in [-0.2, -0.15) is 4.31 Å². The first-order valence-corrected chi connectivity index (χ1v) is 14.4. The minimum absolute atomic E-state index is 0.232. The van der Waals surface area contributed by atoms with Gasteiger partial charge in [-0.05, 0) is 75.3 Å². The van der Waals surface area contributed by atoms with E-state index in [2.05, 4.69) is 0 Å². The summed E-state index contributed by atoms with van der Waals surface area (Å²) >= 11 is 0. The van der Waals surface area contributed by atoms with Crippen LogP contribution >= 0.6 is 0 Å². The molecule has 1 heterocycles. The van der Waals surface area contributed by atoms with E-state index in [-0.39, 0.29) is 30.6 Å². The Morgan fingerprint density at radius 2 is 1.23 bits per heavy atom. The van der Waals surface area contributed by atoms with E-state index in [0.29, 0.717) is 5.56 Å². The fourth-order valence-electron chi connectivity index (χ4n) is 5.48. The van der Waals surface area contributed by atoms with Crippen molar-refractivity contribution in [2.75, 3.05) is 6.61 Å². The van der Waals surface area contributed by atoms with Gasteiger partial charge < -0.3 is 4.74 Å². The first-order valence-electron chi connectivity index (χ1n) is 12.9. The van der Waals surface area contributed by atoms with Crippen LogP contribution in [-0.2, 0) is 27.8 Å². The number of fused-ring (bicyclic) bond motifs is 2. The zero-order chi connectivity index (χ0) is 27.0. The Hall–Kier alpha value is -4.26. The normalized spacial score (nSPS) is 13.4. The summed E-state index contributed by atoms with van der Waals surface area (Å²) in [5.41, 5.74) is 6.30. The van der Waals surface area contributed by atoms with Gasteiger partial charge in [0.2, 0.25) is 10.0 Å². The molecule has 0 saturated carbocycles. The van der Waals surface area contributed by atoms with Crippen molar-refractivity contribution in [3.8, 4) is 22.3 Å². The molecule has 6 rings (SSSR count). The van der Waals surface area contributed by atoms with Crippen LogP contribution in [0.4, 0.5) is 0 Å². The summed E-state index contributed by atoms with van der Waals surface area (Å²) in [6.45, 7) is 2.56. The van der Waals surface area contributed by atoms with Gasteiger partial charge in [0.15, 0.2) is 0 Å². The van der Waals surface area contributed by atoms with E-state index in [1.54, 1.807) is 41.6 Å². The lowest BCUT2D eigenvalue weighted by molar-refractivity contribution is 0.0526. The average Bonchev–Trinajstić information content (AvgIpc) is 3.42. The van der Waals surface area contributed by atoms with E-state index >= 15 is 0 Å². The van der Waals surface area contributed by atoms with E-state index in [1.165, 1.54) is 0 Å². The highest BCUT2D eigenvalue weighted by Gasteiger charge is 2.35. The maximum Gasteiger partial charge on any atom is 0.338 e. The highest BCUT2D eigenvalue weighted by molar-refractivity contribution is 7.89. The first kappa shape index (κ1) is 25.0. The van der Waals surface area contributed by atoms with Crippen molar-refractivity contribution in [1.29, 1.82) is 0 Å². The number of carbonyl (C=O) groups is 1. The molecule has 1 aliphatic heterocycles. The van der Waals surface area contributed by atoms with Crippen LogP contribution in [0.5, 0.6) is 0 Å². The molecule has 6 heteroatoms. The van der Waals surface area contributed by atoms with Gasteiger partial charge in [-0.1, -0.05) is 84.9 Å². The molecule has 5 nitrogen and oxygen atoms in total. The standard InChI is InChI=1S/C33H27NO4S/c1-2-38-33(35)25-18-19-27-28(20-25)32(24-14-8-4-9-15-24)30-22-34(39(36,37)26-16-10-5-11-17-26)21-29(30)31(27)23-12-6-3-7-13-23/h3-20H,2,21-22H2,1H3. The highest BCUT2D eigenvalue weighted by atomic mass is 32.2. The Kier molecular flexibility index (Phi) is 6.51. The molecule has 5 aromatic rings. The molecule has 0 aliphatic carbocycles. The van der Waals surface area contributed by atoms with Crippen LogP contribution in [0.15, 0.2) is 114 Å². The van der Waals surface area contributed by atoms with Gasteiger partial charge in [-0.3, -0.25) is 0 Å². The smallest absolute Gasteiger partial charge is 0.338 e. The van der Waals surface area contributed by atoms with Crippen molar-refractivity contribution in [1.82, 2.24) is 4.31 Å². The summed E-state index contributed by atoms with van der Waals surface area (Å²) in [6.07, 6.45) is 0. The second-order valence-electron chi connectivity index (χ2n) is 9.51. The Labute approximate surface area is 228 Å². The predicted octanol–water partition coefficient (Wildman–Crippen LogP) is 7.06. The Morgan fingerprint density at radius 3 is 1.77 bits per heavy atom. The number of carbonyl (C=O) groups excluding carboxylic acids is 1. The predicted molar refractivity (Wildman–Crippen MR) is 154 cm³/mol. The highest BCUT2D eigenvalue weighted by Crippen LogP contribution is 2.46. The summed E-state index contributed by atoms with van der Waals surface area (Å²) in [5, 5.41) is 1.86. The van der Waals surface area contributed by atoms with Gasteiger partial charge in [-0.25, -0.2) is 13.2 Å². The summed E-state index contributed by atoms with van der Waals surface area (Å²) in [6, 6.07) is 34.2. The number of nitrogens with zero attached hydrogens (tertiary/aromatic N) is 1. The van der Waals surface area contributed by atoms with Crippen LogP contribution in [-0.4, -0.2) is 25.3 Å². The molecule has 0 radical (unpaired) electrons. The fraction of sp³-hybridized carbons (Fsp3) is 0.121. The molecule has 5 aromatic carbocycles. The maximum absolute atomic E-state index is 13.8. The van der Waals surface area contributed by atoms with Crippen molar-refractivity contribution in [2.45, 2.75) is 24.9 Å². The summed E-state index contributed by atoms with van der Waals surface area (Å²) in [4.78, 5) is 13.0. The molecule has 194 valence electrons. The second-order valence-corrected chi connectivity index (χ2v) is 11.4. The zero-order valence-corrected chi connectivity index (χ0v) is 22.3. The number of rotatable bonds is 6. The van der Waals surface area contributed by atoms with Gasteiger partial charge >= 0.3 is 5.97 Å². The Balaban J connectivity index is 1.66. The van der Waals surface area contributed by atoms with Crippen LogP contribution in [0.25, 0.3) is 33.0 Å². The van der Waals surface area contributed by atoms with Crippen molar-refractivity contribution < 1.29 is 17.9 Å². The lowest BCUT2D eigenvalue weighted by Crippen LogP contribution is -2.25. The van der Waals surface area contributed by atoms with Crippen molar-refractivity contribution in [3.63, 3.8) is 0 Å². The quantitative estimate of drug-likeness (QED) is 0.219. The molecule has 0 bridgehead atoms. The third-order valence-electron chi connectivity index (χ3n) is 7.21. The molecule has 1 aliphatic rings. The number of hydrogen-bond donors (Lipinski definition) is 0. The molecule has 0 spiro atoms. The minimum atomic E-state index is -3.73. The number of hydrogen-bond acceptors (Lipinski definition) is 4. The molecule has 39 heavy (non-hydrogen) atoms. The van der Waals surface area contributed by atoms with Gasteiger partial charge in [0.05, 0.1) is 17.1 Å². The van der Waals surface area contributed by atoms with E-state index in [0.717, 1.165) is 44.2 Å². The SMILES string of the molecule is CCOC(=O)c1ccc2c(-c3ccccc3)c3c(c(-c4ccccc4)c2c1)CN(S(=O)(=O)c1ccccc1)C3. The van der Waals surface area contributed by atoms with Gasteiger partial charge in [0, 0.05) is 13.1 Å². The molecule has 0 fully saturated rings. The Bertz CT molecular complexity index is 1780. The number of esters is 1. The van der Waals surface area contributed by atoms with E-state index < -0.39 is 10.0 Å². The topological polar surface area (TPSA) is 63.7 Å². The number of ether oxygens (including phenoxy) is 1. The first-order chi connectivity index (χ1) is 19.0. The molecular formula is C33H27NO4S. The number of sulfonamides is 1. The van der Waals surface area contributed by atoms with Crippen LogP contribution in [0.2, 0.25) is 0 Å². The zero-order valence-electron chi connectivity index (χ0n) is 21.5. The summed E-state index contributed by atoms with van der Waals surface area (Å²) < 4.78 is 34.4.